The lowest BCUT2D eigenvalue weighted by Gasteiger charge is -2.26. The van der Waals surface area contributed by atoms with Gasteiger partial charge in [0.2, 0.25) is 0 Å². The second kappa shape index (κ2) is 11.5. The summed E-state index contributed by atoms with van der Waals surface area (Å²) in [5.74, 6) is 0.411. The number of ether oxygens (including phenoxy) is 2. The fourth-order valence-electron chi connectivity index (χ4n) is 3.37. The lowest BCUT2D eigenvalue weighted by molar-refractivity contribution is 0.0388. The van der Waals surface area contributed by atoms with Crippen LogP contribution in [-0.2, 0) is 15.2 Å². The highest BCUT2D eigenvalue weighted by Gasteiger charge is 2.11. The van der Waals surface area contributed by atoms with Crippen LogP contribution in [0.1, 0.15) is 15.9 Å². The van der Waals surface area contributed by atoms with Crippen molar-refractivity contribution in [2.45, 2.75) is 10.1 Å². The Morgan fingerprint density at radius 1 is 1.18 bits per heavy atom. The molecule has 3 aromatic rings. The Kier molecular flexibility index (Phi) is 8.16. The number of hydrogen-bond acceptors (Lipinski definition) is 8. The van der Waals surface area contributed by atoms with Gasteiger partial charge in [0.1, 0.15) is 0 Å². The first-order valence-electron chi connectivity index (χ1n) is 10.7. The first kappa shape index (κ1) is 23.5. The van der Waals surface area contributed by atoms with E-state index in [1.165, 1.54) is 7.11 Å². The highest BCUT2D eigenvalue weighted by atomic mass is 32.2. The number of aromatic nitrogens is 1. The van der Waals surface area contributed by atoms with Gasteiger partial charge in [-0.2, -0.15) is 0 Å². The number of hydrogen-bond donors (Lipinski definition) is 2. The molecule has 174 valence electrons. The van der Waals surface area contributed by atoms with Gasteiger partial charge in [0.25, 0.3) is 0 Å². The van der Waals surface area contributed by atoms with Gasteiger partial charge in [0.15, 0.2) is 4.34 Å². The Balaban J connectivity index is 1.27. The minimum absolute atomic E-state index is 0.211. The fraction of sp³-hybridized carbons (Fsp3) is 0.348. The molecule has 1 saturated heterocycles. The Morgan fingerprint density at radius 3 is 2.73 bits per heavy atom. The summed E-state index contributed by atoms with van der Waals surface area (Å²) in [7, 11) is 1.37. The van der Waals surface area contributed by atoms with Gasteiger partial charge < -0.3 is 20.1 Å². The molecular formula is C23H26N4O4S2. The Hall–Kier alpha value is -2.66. The van der Waals surface area contributed by atoms with E-state index in [1.54, 1.807) is 35.2 Å². The van der Waals surface area contributed by atoms with Crippen molar-refractivity contribution in [2.75, 3.05) is 51.8 Å². The summed E-state index contributed by atoms with van der Waals surface area (Å²) in [5, 5.41) is 5.81. The minimum Gasteiger partial charge on any atom is -0.465 e. The van der Waals surface area contributed by atoms with Crippen molar-refractivity contribution >= 4 is 51.0 Å². The van der Waals surface area contributed by atoms with E-state index in [0.29, 0.717) is 12.1 Å². The monoisotopic (exact) mass is 486 g/mol. The van der Waals surface area contributed by atoms with Gasteiger partial charge in [-0.25, -0.2) is 14.6 Å². The first-order chi connectivity index (χ1) is 16.1. The molecule has 2 amide bonds. The molecule has 2 aromatic carbocycles. The van der Waals surface area contributed by atoms with Crippen molar-refractivity contribution in [3.8, 4) is 0 Å². The molecule has 2 heterocycles. The predicted octanol–water partition coefficient (Wildman–Crippen LogP) is 3.83. The fourth-order valence-corrected chi connectivity index (χ4v) is 5.43. The predicted molar refractivity (Wildman–Crippen MR) is 131 cm³/mol. The number of esters is 1. The minimum atomic E-state index is -0.337. The lowest BCUT2D eigenvalue weighted by atomic mass is 10.1. The number of morpholine rings is 1. The summed E-state index contributed by atoms with van der Waals surface area (Å²) in [6.45, 7) is 4.73. The van der Waals surface area contributed by atoms with Crippen LogP contribution < -0.4 is 10.6 Å². The maximum atomic E-state index is 12.2. The third-order valence-corrected chi connectivity index (χ3v) is 7.41. The molecular weight excluding hydrogens is 460 g/mol. The Bertz CT molecular complexity index is 1100. The van der Waals surface area contributed by atoms with Crippen LogP contribution in [0.3, 0.4) is 0 Å². The van der Waals surface area contributed by atoms with Crippen molar-refractivity contribution < 1.29 is 19.1 Å². The van der Waals surface area contributed by atoms with Crippen LogP contribution in [0.2, 0.25) is 0 Å². The molecule has 1 aliphatic rings. The summed E-state index contributed by atoms with van der Waals surface area (Å²) < 4.78 is 12.0. The molecule has 0 bridgehead atoms. The molecule has 33 heavy (non-hydrogen) atoms. The number of amides is 2. The molecule has 1 aliphatic heterocycles. The van der Waals surface area contributed by atoms with Crippen molar-refractivity contribution in [3.63, 3.8) is 0 Å². The topological polar surface area (TPSA) is 92.8 Å². The van der Waals surface area contributed by atoms with E-state index in [0.717, 1.165) is 64.4 Å². The zero-order valence-electron chi connectivity index (χ0n) is 18.3. The molecule has 0 spiro atoms. The van der Waals surface area contributed by atoms with E-state index in [-0.39, 0.29) is 12.0 Å². The van der Waals surface area contributed by atoms with Gasteiger partial charge in [-0.05, 0) is 35.9 Å². The quantitative estimate of drug-likeness (QED) is 0.369. The number of anilines is 1. The maximum Gasteiger partial charge on any atom is 0.337 e. The summed E-state index contributed by atoms with van der Waals surface area (Å²) in [6, 6.07) is 12.9. The SMILES string of the molecule is COC(=O)c1ccc(CSc2nc3ccc(NC(=O)NCCN4CCOCC4)cc3s2)cc1. The number of nitrogens with one attached hydrogen (secondary N) is 2. The van der Waals surface area contributed by atoms with Gasteiger partial charge in [0.05, 0.1) is 36.1 Å². The number of nitrogens with zero attached hydrogens (tertiary/aromatic N) is 2. The van der Waals surface area contributed by atoms with Crippen molar-refractivity contribution in [2.24, 2.45) is 0 Å². The van der Waals surface area contributed by atoms with Gasteiger partial charge in [-0.15, -0.1) is 11.3 Å². The smallest absolute Gasteiger partial charge is 0.337 e. The zero-order valence-corrected chi connectivity index (χ0v) is 20.0. The van der Waals surface area contributed by atoms with E-state index in [9.17, 15) is 9.59 Å². The van der Waals surface area contributed by atoms with E-state index < -0.39 is 0 Å². The van der Waals surface area contributed by atoms with Gasteiger partial charge in [-0.1, -0.05) is 23.9 Å². The average molecular weight is 487 g/mol. The third kappa shape index (κ3) is 6.67. The largest absolute Gasteiger partial charge is 0.465 e. The summed E-state index contributed by atoms with van der Waals surface area (Å²) >= 11 is 3.24. The number of thioether (sulfide) groups is 1. The summed E-state index contributed by atoms with van der Waals surface area (Å²) in [5.41, 5.74) is 3.28. The molecule has 1 aromatic heterocycles. The van der Waals surface area contributed by atoms with Crippen LogP contribution in [0.15, 0.2) is 46.8 Å². The van der Waals surface area contributed by atoms with Crippen LogP contribution in [0.25, 0.3) is 10.2 Å². The number of carbonyl (C=O) groups is 2. The van der Waals surface area contributed by atoms with Crippen LogP contribution >= 0.6 is 23.1 Å². The molecule has 1 fully saturated rings. The van der Waals surface area contributed by atoms with Crippen molar-refractivity contribution in [3.05, 3.63) is 53.6 Å². The molecule has 0 aliphatic carbocycles. The highest BCUT2D eigenvalue weighted by molar-refractivity contribution is 8.00. The van der Waals surface area contributed by atoms with E-state index in [4.69, 9.17) is 9.47 Å². The standard InChI is InChI=1S/C23H26N4O4S2/c1-30-21(28)17-4-2-16(3-5-17)15-32-23-26-19-7-6-18(14-20(19)33-23)25-22(29)24-8-9-27-10-12-31-13-11-27/h2-7,14H,8-13,15H2,1H3,(H2,24,25,29). The second-order valence-electron chi connectivity index (χ2n) is 7.47. The number of methoxy groups -OCH3 is 1. The normalized spacial score (nSPS) is 14.2. The van der Waals surface area contributed by atoms with Crippen LogP contribution in [0.5, 0.6) is 0 Å². The van der Waals surface area contributed by atoms with Gasteiger partial charge in [-0.3, -0.25) is 4.90 Å². The van der Waals surface area contributed by atoms with Gasteiger partial charge >= 0.3 is 12.0 Å². The second-order valence-corrected chi connectivity index (χ2v) is 9.73. The highest BCUT2D eigenvalue weighted by Crippen LogP contribution is 2.33. The van der Waals surface area contributed by atoms with E-state index >= 15 is 0 Å². The molecule has 8 nitrogen and oxygen atoms in total. The zero-order chi connectivity index (χ0) is 23.0. The van der Waals surface area contributed by atoms with Crippen LogP contribution in [0, 0.1) is 0 Å². The Labute approximate surface area is 200 Å². The number of thiazole rings is 1. The molecule has 0 radical (unpaired) electrons. The number of fused-ring (bicyclic) bond motifs is 1. The number of carbonyl (C=O) groups excluding carboxylic acids is 2. The molecule has 10 heteroatoms. The molecule has 0 atom stereocenters. The number of benzene rings is 2. The molecule has 4 rings (SSSR count). The van der Waals surface area contributed by atoms with Gasteiger partial charge in [0, 0.05) is 37.6 Å². The molecule has 0 unspecified atom stereocenters. The maximum absolute atomic E-state index is 12.2. The van der Waals surface area contributed by atoms with Crippen LogP contribution in [-0.4, -0.2) is 68.4 Å². The summed E-state index contributed by atoms with van der Waals surface area (Å²) in [4.78, 5) is 30.7. The Morgan fingerprint density at radius 2 is 1.97 bits per heavy atom. The molecule has 0 saturated carbocycles. The number of rotatable bonds is 8. The van der Waals surface area contributed by atoms with Crippen LogP contribution in [0.4, 0.5) is 10.5 Å². The lowest BCUT2D eigenvalue weighted by Crippen LogP contribution is -2.42. The van der Waals surface area contributed by atoms with E-state index in [1.807, 2.05) is 30.3 Å². The third-order valence-electron chi connectivity index (χ3n) is 5.18. The van der Waals surface area contributed by atoms with Crippen molar-refractivity contribution in [1.29, 1.82) is 0 Å². The average Bonchev–Trinajstić information content (AvgIpc) is 3.25. The van der Waals surface area contributed by atoms with E-state index in [2.05, 4.69) is 20.5 Å². The molecule has 2 N–H and O–H groups in total. The summed E-state index contributed by atoms with van der Waals surface area (Å²) in [6.07, 6.45) is 0. The first-order valence-corrected chi connectivity index (χ1v) is 12.5. The number of urea groups is 1. The van der Waals surface area contributed by atoms with Crippen molar-refractivity contribution in [1.82, 2.24) is 15.2 Å².